The molecule has 0 saturated carbocycles. The summed E-state index contributed by atoms with van der Waals surface area (Å²) < 4.78 is 33.7. The van der Waals surface area contributed by atoms with Crippen molar-refractivity contribution >= 4 is 37.3 Å². The molecule has 0 bridgehead atoms. The number of thiophene rings is 1. The van der Waals surface area contributed by atoms with Crippen molar-refractivity contribution in [2.45, 2.75) is 23.6 Å². The first-order valence-electron chi connectivity index (χ1n) is 7.06. The van der Waals surface area contributed by atoms with Crippen molar-refractivity contribution in [2.24, 2.45) is 0 Å². The molecule has 0 spiro atoms. The van der Waals surface area contributed by atoms with E-state index in [0.717, 1.165) is 42.1 Å². The van der Waals surface area contributed by atoms with Crippen molar-refractivity contribution in [1.29, 1.82) is 0 Å². The molecule has 5 nitrogen and oxygen atoms in total. The molecule has 0 aliphatic carbocycles. The van der Waals surface area contributed by atoms with E-state index in [9.17, 15) is 8.42 Å². The van der Waals surface area contributed by atoms with E-state index in [2.05, 4.69) is 20.8 Å². The van der Waals surface area contributed by atoms with E-state index in [1.165, 1.54) is 11.3 Å². The van der Waals surface area contributed by atoms with E-state index in [1.807, 2.05) is 6.92 Å². The van der Waals surface area contributed by atoms with Crippen molar-refractivity contribution < 1.29 is 13.2 Å². The molecule has 3 rings (SSSR count). The molecule has 3 heterocycles. The zero-order chi connectivity index (χ0) is 15.0. The van der Waals surface area contributed by atoms with Gasteiger partial charge in [0, 0.05) is 32.2 Å². The normalized spacial score (nSPS) is 25.5. The molecule has 1 unspecified atom stereocenters. The van der Waals surface area contributed by atoms with Gasteiger partial charge in [-0.15, -0.1) is 11.3 Å². The van der Waals surface area contributed by atoms with Crippen molar-refractivity contribution in [3.05, 3.63) is 15.4 Å². The number of ether oxygens (including phenoxy) is 1. The highest BCUT2D eigenvalue weighted by Gasteiger charge is 2.36. The first-order chi connectivity index (χ1) is 9.98. The Morgan fingerprint density at radius 2 is 2.05 bits per heavy atom. The second-order valence-corrected chi connectivity index (χ2v) is 10.0. The lowest BCUT2D eigenvalue weighted by Gasteiger charge is -2.31. The predicted octanol–water partition coefficient (Wildman–Crippen LogP) is 1.91. The summed E-state index contributed by atoms with van der Waals surface area (Å²) in [5.41, 5.74) is 0.975. The van der Waals surface area contributed by atoms with Crippen LogP contribution in [0, 0.1) is 6.92 Å². The van der Waals surface area contributed by atoms with Crippen LogP contribution in [0.1, 0.15) is 12.0 Å². The summed E-state index contributed by atoms with van der Waals surface area (Å²) in [6.45, 7) is 6.43. The molecular formula is C13H19BrN2O3S2. The van der Waals surface area contributed by atoms with Gasteiger partial charge in [0.25, 0.3) is 10.0 Å². The first-order valence-corrected chi connectivity index (χ1v) is 10.1. The van der Waals surface area contributed by atoms with Crippen LogP contribution in [0.15, 0.2) is 14.1 Å². The molecule has 2 aliphatic heterocycles. The molecule has 1 aromatic rings. The zero-order valence-electron chi connectivity index (χ0n) is 11.9. The number of sulfonamides is 1. The predicted molar refractivity (Wildman–Crippen MR) is 86.3 cm³/mol. The summed E-state index contributed by atoms with van der Waals surface area (Å²) in [4.78, 5) is 2.36. The molecule has 1 atom stereocenters. The van der Waals surface area contributed by atoms with E-state index in [0.29, 0.717) is 23.3 Å². The maximum atomic E-state index is 12.7. The number of morpholine rings is 1. The van der Waals surface area contributed by atoms with Crippen LogP contribution in [0.3, 0.4) is 0 Å². The average molecular weight is 395 g/mol. The number of hydrogen-bond donors (Lipinski definition) is 0. The first kappa shape index (κ1) is 15.9. The van der Waals surface area contributed by atoms with Crippen LogP contribution in [-0.4, -0.2) is 63.1 Å². The molecule has 21 heavy (non-hydrogen) atoms. The van der Waals surface area contributed by atoms with E-state index in [1.54, 1.807) is 10.4 Å². The fourth-order valence-electron chi connectivity index (χ4n) is 2.86. The van der Waals surface area contributed by atoms with Crippen LogP contribution in [0.4, 0.5) is 0 Å². The smallest absolute Gasteiger partial charge is 0.252 e. The molecule has 8 heteroatoms. The lowest BCUT2D eigenvalue weighted by Crippen LogP contribution is -2.45. The molecule has 0 radical (unpaired) electrons. The number of hydrogen-bond acceptors (Lipinski definition) is 5. The number of nitrogens with zero attached hydrogens (tertiary/aromatic N) is 2. The number of halogens is 1. The second kappa shape index (κ2) is 6.25. The Balaban J connectivity index is 1.72. The number of aryl methyl sites for hydroxylation is 1. The Hall–Kier alpha value is 0.01000. The van der Waals surface area contributed by atoms with Gasteiger partial charge >= 0.3 is 0 Å². The summed E-state index contributed by atoms with van der Waals surface area (Å²) in [5.74, 6) is 0. The summed E-state index contributed by atoms with van der Waals surface area (Å²) in [7, 11) is -3.35. The fourth-order valence-corrected chi connectivity index (χ4v) is 6.73. The van der Waals surface area contributed by atoms with Gasteiger partial charge in [-0.1, -0.05) is 0 Å². The minimum atomic E-state index is -3.35. The van der Waals surface area contributed by atoms with E-state index in [-0.39, 0.29) is 0 Å². The Labute approximate surface area is 138 Å². The Morgan fingerprint density at radius 1 is 1.33 bits per heavy atom. The molecule has 2 aliphatic rings. The molecule has 0 aromatic carbocycles. The highest BCUT2D eigenvalue weighted by atomic mass is 79.9. The molecule has 118 valence electrons. The topological polar surface area (TPSA) is 49.9 Å². The van der Waals surface area contributed by atoms with Crippen molar-refractivity contribution in [3.8, 4) is 0 Å². The molecule has 0 amide bonds. The Bertz CT molecular complexity index is 591. The standard InChI is InChI=1S/C13H19BrN2O3S2/c1-10-8-12(20-13(10)14)21(17,18)16-3-2-11(9-16)15-4-6-19-7-5-15/h8,11H,2-7,9H2,1H3. The van der Waals surface area contributed by atoms with Gasteiger partial charge in [-0.05, 0) is 40.9 Å². The minimum Gasteiger partial charge on any atom is -0.379 e. The minimum absolute atomic E-state index is 0.327. The maximum absolute atomic E-state index is 12.7. The quantitative estimate of drug-likeness (QED) is 0.785. The van der Waals surface area contributed by atoms with Gasteiger partial charge in [0.1, 0.15) is 4.21 Å². The van der Waals surface area contributed by atoms with Crippen LogP contribution in [0.5, 0.6) is 0 Å². The van der Waals surface area contributed by atoms with Gasteiger partial charge in [0.2, 0.25) is 0 Å². The van der Waals surface area contributed by atoms with E-state index in [4.69, 9.17) is 4.74 Å². The molecule has 2 fully saturated rings. The van der Waals surface area contributed by atoms with Crippen molar-refractivity contribution in [3.63, 3.8) is 0 Å². The Morgan fingerprint density at radius 3 is 2.67 bits per heavy atom. The van der Waals surface area contributed by atoms with Gasteiger partial charge in [-0.25, -0.2) is 8.42 Å². The summed E-state index contributed by atoms with van der Waals surface area (Å²) in [6, 6.07) is 2.08. The fraction of sp³-hybridized carbons (Fsp3) is 0.692. The highest BCUT2D eigenvalue weighted by molar-refractivity contribution is 9.11. The van der Waals surface area contributed by atoms with Gasteiger partial charge in [-0.3, -0.25) is 4.90 Å². The third-order valence-electron chi connectivity index (χ3n) is 4.12. The summed E-state index contributed by atoms with van der Waals surface area (Å²) >= 11 is 4.70. The number of rotatable bonds is 3. The third kappa shape index (κ3) is 3.20. The van der Waals surface area contributed by atoms with Crippen LogP contribution in [0.2, 0.25) is 0 Å². The zero-order valence-corrected chi connectivity index (χ0v) is 15.1. The molecule has 2 saturated heterocycles. The largest absolute Gasteiger partial charge is 0.379 e. The van der Waals surface area contributed by atoms with Gasteiger partial charge in [0.05, 0.1) is 17.0 Å². The molecule has 1 aromatic heterocycles. The SMILES string of the molecule is Cc1cc(S(=O)(=O)N2CCC(N3CCOCC3)C2)sc1Br. The summed E-state index contributed by atoms with van der Waals surface area (Å²) in [5, 5.41) is 0. The van der Waals surface area contributed by atoms with Gasteiger partial charge < -0.3 is 4.74 Å². The van der Waals surface area contributed by atoms with Gasteiger partial charge in [0.15, 0.2) is 0 Å². The molecule has 0 N–H and O–H groups in total. The van der Waals surface area contributed by atoms with Crippen LogP contribution >= 0.6 is 27.3 Å². The van der Waals surface area contributed by atoms with Crippen LogP contribution in [0.25, 0.3) is 0 Å². The Kier molecular flexibility index (Phi) is 4.73. The van der Waals surface area contributed by atoms with Crippen molar-refractivity contribution in [1.82, 2.24) is 9.21 Å². The van der Waals surface area contributed by atoms with Crippen LogP contribution in [-0.2, 0) is 14.8 Å². The average Bonchev–Trinajstić information content (AvgIpc) is 3.09. The van der Waals surface area contributed by atoms with Crippen LogP contribution < -0.4 is 0 Å². The van der Waals surface area contributed by atoms with E-state index >= 15 is 0 Å². The van der Waals surface area contributed by atoms with E-state index < -0.39 is 10.0 Å². The lowest BCUT2D eigenvalue weighted by molar-refractivity contribution is 0.0197. The third-order valence-corrected chi connectivity index (χ3v) is 8.57. The van der Waals surface area contributed by atoms with Crippen molar-refractivity contribution in [2.75, 3.05) is 39.4 Å². The monoisotopic (exact) mass is 394 g/mol. The second-order valence-electron chi connectivity index (χ2n) is 5.48. The highest BCUT2D eigenvalue weighted by Crippen LogP contribution is 2.33. The maximum Gasteiger partial charge on any atom is 0.252 e. The molecular weight excluding hydrogens is 376 g/mol. The lowest BCUT2D eigenvalue weighted by atomic mass is 10.2. The van der Waals surface area contributed by atoms with Gasteiger partial charge in [-0.2, -0.15) is 4.31 Å². The summed E-state index contributed by atoms with van der Waals surface area (Å²) in [6.07, 6.45) is 0.907.